The number of benzene rings is 2. The first-order valence-electron chi connectivity index (χ1n) is 7.44. The molecule has 0 aliphatic carbocycles. The van der Waals surface area contributed by atoms with Crippen LogP contribution in [0.4, 0.5) is 5.69 Å². The summed E-state index contributed by atoms with van der Waals surface area (Å²) in [6, 6.07) is 13.0. The number of esters is 1. The fourth-order valence-corrected chi connectivity index (χ4v) is 3.96. The lowest BCUT2D eigenvalue weighted by atomic mass is 10.1. The van der Waals surface area contributed by atoms with Crippen LogP contribution in [-0.2, 0) is 9.53 Å². The molecule has 0 amide bonds. The number of nitrogens with zero attached hydrogens (tertiary/aromatic N) is 2. The molecule has 132 valence electrons. The first kappa shape index (κ1) is 18.0. The number of carbonyl (C=O) groups excluding carboxylic acids is 2. The summed E-state index contributed by atoms with van der Waals surface area (Å²) in [4.78, 5) is 38.4. The molecule has 3 aromatic rings. The van der Waals surface area contributed by atoms with E-state index in [1.54, 1.807) is 0 Å². The van der Waals surface area contributed by atoms with Crippen LogP contribution in [0.3, 0.4) is 0 Å². The average molecular weight is 388 g/mol. The molecule has 3 rings (SSSR count). The Kier molecular flexibility index (Phi) is 5.59. The summed E-state index contributed by atoms with van der Waals surface area (Å²) in [5.74, 6) is -1.01. The molecule has 0 aliphatic heterocycles. The molecular weight excluding hydrogens is 376 g/mol. The number of thioether (sulfide) groups is 1. The molecule has 0 N–H and O–H groups in total. The van der Waals surface area contributed by atoms with Crippen molar-refractivity contribution in [2.24, 2.45) is 0 Å². The number of para-hydroxylation sites is 1. The SMILES string of the molecule is O=C(CSc1nc2ccccc2s1)OCC(=O)c1cccc([N+](=O)[O-])c1. The Morgan fingerprint density at radius 2 is 2.00 bits per heavy atom. The van der Waals surface area contributed by atoms with Crippen LogP contribution in [0.25, 0.3) is 10.2 Å². The maximum absolute atomic E-state index is 12.0. The van der Waals surface area contributed by atoms with Crippen molar-refractivity contribution >= 4 is 50.8 Å². The summed E-state index contributed by atoms with van der Waals surface area (Å²) >= 11 is 2.72. The van der Waals surface area contributed by atoms with E-state index in [9.17, 15) is 19.7 Å². The lowest BCUT2D eigenvalue weighted by Gasteiger charge is -2.03. The van der Waals surface area contributed by atoms with Gasteiger partial charge in [-0.2, -0.15) is 0 Å². The number of Topliss-reactive ketones (excluding diaryl/α,β-unsaturated/α-hetero) is 1. The summed E-state index contributed by atoms with van der Waals surface area (Å²) in [5, 5.41) is 10.7. The number of aromatic nitrogens is 1. The van der Waals surface area contributed by atoms with Crippen LogP contribution in [0.15, 0.2) is 52.9 Å². The molecule has 2 aromatic carbocycles. The molecule has 0 radical (unpaired) electrons. The van der Waals surface area contributed by atoms with Crippen LogP contribution in [0.5, 0.6) is 0 Å². The van der Waals surface area contributed by atoms with Gasteiger partial charge in [0.2, 0.25) is 5.78 Å². The van der Waals surface area contributed by atoms with Crippen LogP contribution >= 0.6 is 23.1 Å². The second-order valence-electron chi connectivity index (χ2n) is 5.13. The predicted octanol–water partition coefficient (Wildman–Crippen LogP) is 3.72. The average Bonchev–Trinajstić information content (AvgIpc) is 3.07. The molecule has 0 atom stereocenters. The molecular formula is C17H12N2O5S2. The summed E-state index contributed by atoms with van der Waals surface area (Å²) in [6.07, 6.45) is 0. The highest BCUT2D eigenvalue weighted by molar-refractivity contribution is 8.01. The number of hydrogen-bond donors (Lipinski definition) is 0. The van der Waals surface area contributed by atoms with Gasteiger partial charge in [0.1, 0.15) is 0 Å². The summed E-state index contributed by atoms with van der Waals surface area (Å²) in [5.41, 5.74) is 0.814. The Hall–Kier alpha value is -2.78. The number of nitro benzene ring substituents is 1. The number of non-ortho nitro benzene ring substituents is 1. The molecule has 26 heavy (non-hydrogen) atoms. The highest BCUT2D eigenvalue weighted by atomic mass is 32.2. The van der Waals surface area contributed by atoms with Crippen molar-refractivity contribution in [1.29, 1.82) is 0 Å². The van der Waals surface area contributed by atoms with Crippen LogP contribution in [0.1, 0.15) is 10.4 Å². The molecule has 0 saturated carbocycles. The topological polar surface area (TPSA) is 99.4 Å². The quantitative estimate of drug-likeness (QED) is 0.200. The van der Waals surface area contributed by atoms with Gasteiger partial charge >= 0.3 is 5.97 Å². The number of ether oxygens (including phenoxy) is 1. The zero-order valence-electron chi connectivity index (χ0n) is 13.3. The maximum Gasteiger partial charge on any atom is 0.316 e. The van der Waals surface area contributed by atoms with E-state index in [1.165, 1.54) is 41.3 Å². The van der Waals surface area contributed by atoms with Gasteiger partial charge in [0, 0.05) is 17.7 Å². The number of fused-ring (bicyclic) bond motifs is 1. The second kappa shape index (κ2) is 8.07. The zero-order chi connectivity index (χ0) is 18.5. The number of nitro groups is 1. The third-order valence-electron chi connectivity index (χ3n) is 3.33. The normalized spacial score (nSPS) is 10.6. The minimum absolute atomic E-state index is 0.0298. The van der Waals surface area contributed by atoms with E-state index in [2.05, 4.69) is 4.98 Å². The number of hydrogen-bond acceptors (Lipinski definition) is 8. The van der Waals surface area contributed by atoms with E-state index in [-0.39, 0.29) is 17.0 Å². The van der Waals surface area contributed by atoms with Crippen molar-refractivity contribution in [2.45, 2.75) is 4.34 Å². The van der Waals surface area contributed by atoms with E-state index in [1.807, 2.05) is 24.3 Å². The zero-order valence-corrected chi connectivity index (χ0v) is 14.9. The number of rotatable bonds is 7. The van der Waals surface area contributed by atoms with Gasteiger partial charge < -0.3 is 4.74 Å². The lowest BCUT2D eigenvalue weighted by molar-refractivity contribution is -0.384. The smallest absolute Gasteiger partial charge is 0.316 e. The predicted molar refractivity (Wildman–Crippen MR) is 98.7 cm³/mol. The Balaban J connectivity index is 1.51. The molecule has 0 aliphatic rings. The Morgan fingerprint density at radius 3 is 2.77 bits per heavy atom. The molecule has 0 spiro atoms. The number of ketones is 1. The van der Waals surface area contributed by atoms with Gasteiger partial charge in [-0.3, -0.25) is 19.7 Å². The van der Waals surface area contributed by atoms with E-state index in [0.717, 1.165) is 20.6 Å². The van der Waals surface area contributed by atoms with Gasteiger partial charge in [0.25, 0.3) is 5.69 Å². The third-order valence-corrected chi connectivity index (χ3v) is 5.48. The van der Waals surface area contributed by atoms with E-state index in [0.29, 0.717) is 0 Å². The van der Waals surface area contributed by atoms with Crippen molar-refractivity contribution in [1.82, 2.24) is 4.98 Å². The molecule has 1 heterocycles. The van der Waals surface area contributed by atoms with Gasteiger partial charge in [-0.1, -0.05) is 36.0 Å². The molecule has 0 unspecified atom stereocenters. The monoisotopic (exact) mass is 388 g/mol. The largest absolute Gasteiger partial charge is 0.457 e. The molecule has 7 nitrogen and oxygen atoms in total. The fraction of sp³-hybridized carbons (Fsp3) is 0.118. The van der Waals surface area contributed by atoms with Gasteiger partial charge in [0.05, 0.1) is 20.9 Å². The van der Waals surface area contributed by atoms with Crippen molar-refractivity contribution in [3.8, 4) is 0 Å². The fourth-order valence-electron chi connectivity index (χ4n) is 2.10. The van der Waals surface area contributed by atoms with Gasteiger partial charge in [0.15, 0.2) is 10.9 Å². The van der Waals surface area contributed by atoms with Gasteiger partial charge in [-0.25, -0.2) is 4.98 Å². The minimum atomic E-state index is -0.586. The van der Waals surface area contributed by atoms with E-state index < -0.39 is 23.3 Å². The Bertz CT molecular complexity index is 953. The van der Waals surface area contributed by atoms with Crippen molar-refractivity contribution in [2.75, 3.05) is 12.4 Å². The minimum Gasteiger partial charge on any atom is -0.457 e. The number of carbonyl (C=O) groups is 2. The molecule has 0 bridgehead atoms. The van der Waals surface area contributed by atoms with Crippen LogP contribution in [0, 0.1) is 10.1 Å². The third kappa shape index (κ3) is 4.44. The van der Waals surface area contributed by atoms with Crippen LogP contribution in [0.2, 0.25) is 0 Å². The van der Waals surface area contributed by atoms with E-state index >= 15 is 0 Å². The highest BCUT2D eigenvalue weighted by Gasteiger charge is 2.14. The van der Waals surface area contributed by atoms with Crippen LogP contribution < -0.4 is 0 Å². The first-order chi connectivity index (χ1) is 12.5. The van der Waals surface area contributed by atoms with Gasteiger partial charge in [-0.05, 0) is 12.1 Å². The Morgan fingerprint density at radius 1 is 1.19 bits per heavy atom. The highest BCUT2D eigenvalue weighted by Crippen LogP contribution is 2.29. The summed E-state index contributed by atoms with van der Waals surface area (Å²) in [6.45, 7) is -0.458. The maximum atomic E-state index is 12.0. The molecule has 1 aromatic heterocycles. The molecule has 0 saturated heterocycles. The van der Waals surface area contributed by atoms with Crippen molar-refractivity contribution < 1.29 is 19.2 Å². The summed E-state index contributed by atoms with van der Waals surface area (Å²) < 4.78 is 6.73. The Labute approximate surface area is 156 Å². The lowest BCUT2D eigenvalue weighted by Crippen LogP contribution is -2.15. The molecule has 9 heteroatoms. The number of thiazole rings is 1. The summed E-state index contributed by atoms with van der Waals surface area (Å²) in [7, 11) is 0. The van der Waals surface area contributed by atoms with E-state index in [4.69, 9.17) is 4.74 Å². The molecule has 0 fully saturated rings. The van der Waals surface area contributed by atoms with Crippen molar-refractivity contribution in [3.05, 3.63) is 64.2 Å². The van der Waals surface area contributed by atoms with Crippen LogP contribution in [-0.4, -0.2) is 34.0 Å². The van der Waals surface area contributed by atoms with Crippen molar-refractivity contribution in [3.63, 3.8) is 0 Å². The standard InChI is InChI=1S/C17H12N2O5S2/c20-14(11-4-3-5-12(8-11)19(22)23)9-24-16(21)10-25-17-18-13-6-1-2-7-15(13)26-17/h1-8H,9-10H2. The second-order valence-corrected chi connectivity index (χ2v) is 7.38. The first-order valence-corrected chi connectivity index (χ1v) is 9.25. The van der Waals surface area contributed by atoms with Gasteiger partial charge in [-0.15, -0.1) is 11.3 Å².